The van der Waals surface area contributed by atoms with Crippen LogP contribution < -0.4 is 11.5 Å². The summed E-state index contributed by atoms with van der Waals surface area (Å²) in [6.45, 7) is 1.88. The summed E-state index contributed by atoms with van der Waals surface area (Å²) in [5, 5.41) is 0.491. The Morgan fingerprint density at radius 1 is 1.17 bits per heavy atom. The van der Waals surface area contributed by atoms with E-state index in [1.807, 2.05) is 19.1 Å². The maximum atomic E-state index is 10.7. The van der Waals surface area contributed by atoms with Gasteiger partial charge < -0.3 is 11.5 Å². The summed E-state index contributed by atoms with van der Waals surface area (Å²) >= 11 is 1.35. The molecular formula is C12H12N4OS. The number of carbonyl (C=O) groups excluding carboxylic acids is 1. The first-order chi connectivity index (χ1) is 8.58. The van der Waals surface area contributed by atoms with Gasteiger partial charge in [-0.3, -0.25) is 4.79 Å². The molecule has 0 atom stereocenters. The third kappa shape index (κ3) is 2.78. The molecule has 0 bridgehead atoms. The maximum absolute atomic E-state index is 10.7. The second-order valence-electron chi connectivity index (χ2n) is 3.74. The first-order valence-corrected chi connectivity index (χ1v) is 6.04. The Balaban J connectivity index is 2.28. The van der Waals surface area contributed by atoms with Gasteiger partial charge in [-0.15, -0.1) is 0 Å². The minimum absolute atomic E-state index is 0.339. The number of hydrogen-bond donors (Lipinski definition) is 2. The normalized spacial score (nSPS) is 10.3. The summed E-state index contributed by atoms with van der Waals surface area (Å²) < 4.78 is 0. The molecule has 1 aromatic carbocycles. The van der Waals surface area contributed by atoms with Gasteiger partial charge in [-0.25, -0.2) is 9.97 Å². The number of nitrogen functional groups attached to an aromatic ring is 2. The predicted octanol–water partition coefficient (Wildman–Crippen LogP) is 1.91. The third-order valence-electron chi connectivity index (χ3n) is 2.32. The van der Waals surface area contributed by atoms with Crippen LogP contribution in [0.1, 0.15) is 15.9 Å². The second-order valence-corrected chi connectivity index (χ2v) is 4.78. The van der Waals surface area contributed by atoms with Gasteiger partial charge in [0.25, 0.3) is 0 Å². The van der Waals surface area contributed by atoms with E-state index in [4.69, 9.17) is 11.5 Å². The molecule has 0 unspecified atom stereocenters. The second kappa shape index (κ2) is 5.05. The number of nitrogens with two attached hydrogens (primary N) is 2. The van der Waals surface area contributed by atoms with E-state index in [0.717, 1.165) is 16.7 Å². The van der Waals surface area contributed by atoms with Crippen molar-refractivity contribution >= 4 is 29.7 Å². The lowest BCUT2D eigenvalue weighted by Crippen LogP contribution is -1.99. The molecule has 18 heavy (non-hydrogen) atoms. The summed E-state index contributed by atoms with van der Waals surface area (Å²) in [6, 6.07) is 7.01. The summed E-state index contributed by atoms with van der Waals surface area (Å²) in [5.41, 5.74) is 12.8. The first-order valence-electron chi connectivity index (χ1n) is 5.22. The number of aryl methyl sites for hydroxylation is 1. The molecule has 2 aromatic rings. The smallest absolute Gasteiger partial charge is 0.196 e. The fourth-order valence-electron chi connectivity index (χ4n) is 1.46. The Morgan fingerprint density at radius 3 is 2.39 bits per heavy atom. The highest BCUT2D eigenvalue weighted by Crippen LogP contribution is 2.27. The van der Waals surface area contributed by atoms with Gasteiger partial charge in [0.05, 0.1) is 0 Å². The average Bonchev–Trinajstić information content (AvgIpc) is 2.27. The van der Waals surface area contributed by atoms with E-state index in [0.29, 0.717) is 22.4 Å². The van der Waals surface area contributed by atoms with E-state index in [9.17, 15) is 4.79 Å². The number of benzene rings is 1. The van der Waals surface area contributed by atoms with Crippen LogP contribution in [0.25, 0.3) is 0 Å². The molecule has 0 spiro atoms. The Bertz CT molecular complexity index is 580. The van der Waals surface area contributed by atoms with Gasteiger partial charge in [0.1, 0.15) is 17.9 Å². The minimum Gasteiger partial charge on any atom is -0.383 e. The van der Waals surface area contributed by atoms with E-state index >= 15 is 0 Å². The van der Waals surface area contributed by atoms with Gasteiger partial charge in [0.2, 0.25) is 0 Å². The fourth-order valence-corrected chi connectivity index (χ4v) is 2.34. The molecule has 1 aromatic heterocycles. The molecule has 0 aliphatic heterocycles. The van der Waals surface area contributed by atoms with E-state index in [1.165, 1.54) is 17.8 Å². The molecule has 0 saturated heterocycles. The van der Waals surface area contributed by atoms with Crippen LogP contribution in [0.2, 0.25) is 0 Å². The topological polar surface area (TPSA) is 94.9 Å². The van der Waals surface area contributed by atoms with Crippen molar-refractivity contribution < 1.29 is 4.79 Å². The van der Waals surface area contributed by atoms with Crippen LogP contribution in [0, 0.1) is 6.92 Å². The Labute approximate surface area is 109 Å². The number of aromatic nitrogens is 2. The quantitative estimate of drug-likeness (QED) is 0.646. The Morgan fingerprint density at radius 2 is 1.83 bits per heavy atom. The van der Waals surface area contributed by atoms with Crippen LogP contribution >= 0.6 is 11.8 Å². The molecule has 2 rings (SSSR count). The monoisotopic (exact) mass is 260 g/mol. The summed E-state index contributed by atoms with van der Waals surface area (Å²) in [4.78, 5) is 19.8. The largest absolute Gasteiger partial charge is 0.383 e. The summed E-state index contributed by atoms with van der Waals surface area (Å²) in [5.74, 6) is 0.678. The molecule has 0 saturated carbocycles. The molecule has 92 valence electrons. The fraction of sp³-hybridized carbons (Fsp3) is 0.0833. The standard InChI is InChI=1S/C12H12N4OS/c1-7-4-9(3-2-8(7)6-17)18-12-15-10(13)5-11(14)16-12/h2-6H,1H3,(H4,13,14,15,16). The Kier molecular flexibility index (Phi) is 3.47. The van der Waals surface area contributed by atoms with Gasteiger partial charge in [-0.2, -0.15) is 0 Å². The van der Waals surface area contributed by atoms with Gasteiger partial charge in [-0.1, -0.05) is 6.07 Å². The lowest BCUT2D eigenvalue weighted by Gasteiger charge is -2.04. The highest BCUT2D eigenvalue weighted by Gasteiger charge is 2.05. The molecule has 0 fully saturated rings. The van der Waals surface area contributed by atoms with E-state index in [1.54, 1.807) is 6.07 Å². The van der Waals surface area contributed by atoms with Crippen LogP contribution in [0.5, 0.6) is 0 Å². The number of rotatable bonds is 3. The van der Waals surface area contributed by atoms with Crippen LogP contribution in [0.4, 0.5) is 11.6 Å². The van der Waals surface area contributed by atoms with Crippen molar-refractivity contribution in [2.45, 2.75) is 17.0 Å². The highest BCUT2D eigenvalue weighted by molar-refractivity contribution is 7.99. The highest BCUT2D eigenvalue weighted by atomic mass is 32.2. The molecule has 0 radical (unpaired) electrons. The van der Waals surface area contributed by atoms with Crippen molar-refractivity contribution in [2.75, 3.05) is 11.5 Å². The minimum atomic E-state index is 0.339. The zero-order valence-corrected chi connectivity index (χ0v) is 10.6. The average molecular weight is 260 g/mol. The van der Waals surface area contributed by atoms with Crippen LogP contribution in [0.15, 0.2) is 34.3 Å². The maximum Gasteiger partial charge on any atom is 0.196 e. The van der Waals surface area contributed by atoms with Crippen molar-refractivity contribution in [3.63, 3.8) is 0 Å². The molecular weight excluding hydrogens is 248 g/mol. The van der Waals surface area contributed by atoms with Crippen molar-refractivity contribution in [1.82, 2.24) is 9.97 Å². The van der Waals surface area contributed by atoms with Gasteiger partial charge in [-0.05, 0) is 36.4 Å². The summed E-state index contributed by atoms with van der Waals surface area (Å²) in [6.07, 6.45) is 0.832. The predicted molar refractivity (Wildman–Crippen MR) is 71.5 cm³/mol. The van der Waals surface area contributed by atoms with Crippen molar-refractivity contribution in [1.29, 1.82) is 0 Å². The third-order valence-corrected chi connectivity index (χ3v) is 3.18. The number of hydrogen-bond acceptors (Lipinski definition) is 6. The van der Waals surface area contributed by atoms with Crippen molar-refractivity contribution in [2.24, 2.45) is 0 Å². The van der Waals surface area contributed by atoms with Gasteiger partial charge >= 0.3 is 0 Å². The first kappa shape index (κ1) is 12.4. The van der Waals surface area contributed by atoms with Crippen LogP contribution in [0.3, 0.4) is 0 Å². The number of carbonyl (C=O) groups is 1. The SMILES string of the molecule is Cc1cc(Sc2nc(N)cc(N)n2)ccc1C=O. The van der Waals surface area contributed by atoms with E-state index < -0.39 is 0 Å². The molecule has 0 amide bonds. The number of aldehydes is 1. The Hall–Kier alpha value is -2.08. The van der Waals surface area contributed by atoms with Gasteiger partial charge in [0.15, 0.2) is 5.16 Å². The van der Waals surface area contributed by atoms with Crippen LogP contribution in [-0.4, -0.2) is 16.3 Å². The molecule has 4 N–H and O–H groups in total. The molecule has 1 heterocycles. The zero-order chi connectivity index (χ0) is 13.1. The number of anilines is 2. The molecule has 5 nitrogen and oxygen atoms in total. The molecule has 0 aliphatic carbocycles. The number of nitrogens with zero attached hydrogens (tertiary/aromatic N) is 2. The zero-order valence-electron chi connectivity index (χ0n) is 9.75. The van der Waals surface area contributed by atoms with E-state index in [2.05, 4.69) is 9.97 Å². The molecule has 6 heteroatoms. The van der Waals surface area contributed by atoms with Crippen molar-refractivity contribution in [3.05, 3.63) is 35.4 Å². The lowest BCUT2D eigenvalue weighted by atomic mass is 10.1. The van der Waals surface area contributed by atoms with Crippen LogP contribution in [-0.2, 0) is 0 Å². The summed E-state index contributed by atoms with van der Waals surface area (Å²) in [7, 11) is 0. The van der Waals surface area contributed by atoms with E-state index in [-0.39, 0.29) is 0 Å². The van der Waals surface area contributed by atoms with Gasteiger partial charge in [0, 0.05) is 16.5 Å². The lowest BCUT2D eigenvalue weighted by molar-refractivity contribution is 0.112. The van der Waals surface area contributed by atoms with Crippen molar-refractivity contribution in [3.8, 4) is 0 Å². The molecule has 0 aliphatic rings.